The van der Waals surface area contributed by atoms with Crippen molar-refractivity contribution in [3.8, 4) is 6.07 Å². The normalized spacial score (nSPS) is 23.0. The number of nitriles is 1. The van der Waals surface area contributed by atoms with E-state index in [2.05, 4.69) is 44.2 Å². The molecule has 1 nitrogen and oxygen atoms in total. The van der Waals surface area contributed by atoms with Gasteiger partial charge in [-0.3, -0.25) is 0 Å². The molecule has 1 aromatic rings. The molecule has 120 valence electrons. The molecule has 0 saturated heterocycles. The van der Waals surface area contributed by atoms with Crippen LogP contribution in [0.5, 0.6) is 0 Å². The largest absolute Gasteiger partial charge is 0.198 e. The predicted octanol–water partition coefficient (Wildman–Crippen LogP) is 6.56. The van der Waals surface area contributed by atoms with Crippen LogP contribution in [0.15, 0.2) is 24.3 Å². The number of benzene rings is 1. The monoisotopic (exact) mass is 297 g/mol. The molecule has 0 aromatic heterocycles. The van der Waals surface area contributed by atoms with Crippen molar-refractivity contribution in [2.45, 2.75) is 83.5 Å². The summed E-state index contributed by atoms with van der Waals surface area (Å²) in [5, 5.41) is 9.00. The van der Waals surface area contributed by atoms with E-state index >= 15 is 0 Å². The molecular weight excluding hydrogens is 266 g/mol. The first-order valence-electron chi connectivity index (χ1n) is 9.24. The molecule has 1 aliphatic carbocycles. The van der Waals surface area contributed by atoms with Crippen LogP contribution >= 0.6 is 0 Å². The first-order valence-corrected chi connectivity index (χ1v) is 9.24. The molecule has 0 spiro atoms. The Balaban J connectivity index is 1.84. The van der Waals surface area contributed by atoms with E-state index in [4.69, 9.17) is 5.26 Å². The fraction of sp³-hybridized carbons (Fsp3) is 0.667. The molecule has 2 rings (SSSR count). The number of hydrogen-bond donors (Lipinski definition) is 0. The summed E-state index contributed by atoms with van der Waals surface area (Å²) in [4.78, 5) is 0. The van der Waals surface area contributed by atoms with Gasteiger partial charge in [-0.25, -0.2) is 0 Å². The molecule has 1 aromatic carbocycles. The van der Waals surface area contributed by atoms with Crippen LogP contribution in [0.3, 0.4) is 0 Å². The standard InChI is InChI=1S/C21H31N/c1-3-4-5-6-7-17(2)19-12-14-21(15-13-19)20-10-8-18(16-22)9-11-20/h12-15,17-18,20H,3-11H2,1-2H3. The van der Waals surface area contributed by atoms with Gasteiger partial charge in [0.05, 0.1) is 6.07 Å². The Morgan fingerprint density at radius 2 is 1.73 bits per heavy atom. The lowest BCUT2D eigenvalue weighted by Crippen LogP contribution is -2.11. The fourth-order valence-electron chi connectivity index (χ4n) is 3.70. The third kappa shape index (κ3) is 4.87. The molecule has 1 saturated carbocycles. The van der Waals surface area contributed by atoms with E-state index in [1.165, 1.54) is 56.1 Å². The van der Waals surface area contributed by atoms with Gasteiger partial charge >= 0.3 is 0 Å². The molecule has 1 atom stereocenters. The summed E-state index contributed by atoms with van der Waals surface area (Å²) in [6.07, 6.45) is 11.3. The number of nitrogens with zero attached hydrogens (tertiary/aromatic N) is 1. The third-order valence-electron chi connectivity index (χ3n) is 5.38. The van der Waals surface area contributed by atoms with Crippen LogP contribution in [0, 0.1) is 17.2 Å². The van der Waals surface area contributed by atoms with Crippen LogP contribution in [-0.4, -0.2) is 0 Å². The van der Waals surface area contributed by atoms with Crippen molar-refractivity contribution in [2.75, 3.05) is 0 Å². The van der Waals surface area contributed by atoms with Crippen molar-refractivity contribution < 1.29 is 0 Å². The minimum atomic E-state index is 0.304. The van der Waals surface area contributed by atoms with Crippen LogP contribution in [0.2, 0.25) is 0 Å². The summed E-state index contributed by atoms with van der Waals surface area (Å²) in [7, 11) is 0. The second-order valence-corrected chi connectivity index (χ2v) is 7.09. The molecule has 1 aliphatic rings. The quantitative estimate of drug-likeness (QED) is 0.523. The molecule has 0 radical (unpaired) electrons. The Hall–Kier alpha value is -1.29. The van der Waals surface area contributed by atoms with Crippen LogP contribution in [0.25, 0.3) is 0 Å². The van der Waals surface area contributed by atoms with Gasteiger partial charge in [0, 0.05) is 5.92 Å². The number of hydrogen-bond acceptors (Lipinski definition) is 1. The number of unbranched alkanes of at least 4 members (excludes halogenated alkanes) is 3. The maximum Gasteiger partial charge on any atom is 0.0655 e. The van der Waals surface area contributed by atoms with E-state index in [9.17, 15) is 0 Å². The molecule has 0 N–H and O–H groups in total. The Morgan fingerprint density at radius 3 is 2.32 bits per heavy atom. The Kier molecular flexibility index (Phi) is 6.97. The highest BCUT2D eigenvalue weighted by Crippen LogP contribution is 2.36. The Bertz CT molecular complexity index is 460. The summed E-state index contributed by atoms with van der Waals surface area (Å²) in [6, 6.07) is 11.8. The van der Waals surface area contributed by atoms with Gasteiger partial charge in [-0.1, -0.05) is 63.8 Å². The summed E-state index contributed by atoms with van der Waals surface area (Å²) in [5.41, 5.74) is 2.98. The van der Waals surface area contributed by atoms with Gasteiger partial charge in [0.15, 0.2) is 0 Å². The lowest BCUT2D eigenvalue weighted by Gasteiger charge is -2.25. The molecule has 0 aliphatic heterocycles. The highest BCUT2D eigenvalue weighted by molar-refractivity contribution is 5.28. The van der Waals surface area contributed by atoms with Gasteiger partial charge in [-0.15, -0.1) is 0 Å². The second kappa shape index (κ2) is 8.99. The third-order valence-corrected chi connectivity index (χ3v) is 5.38. The summed E-state index contributed by atoms with van der Waals surface area (Å²) in [5.74, 6) is 1.66. The average Bonchev–Trinajstić information content (AvgIpc) is 2.59. The lowest BCUT2D eigenvalue weighted by molar-refractivity contribution is 0.382. The van der Waals surface area contributed by atoms with Crippen molar-refractivity contribution in [3.63, 3.8) is 0 Å². The zero-order chi connectivity index (χ0) is 15.8. The maximum atomic E-state index is 9.00. The second-order valence-electron chi connectivity index (χ2n) is 7.09. The van der Waals surface area contributed by atoms with Crippen molar-refractivity contribution >= 4 is 0 Å². The van der Waals surface area contributed by atoms with E-state index < -0.39 is 0 Å². The lowest BCUT2D eigenvalue weighted by atomic mass is 9.79. The summed E-state index contributed by atoms with van der Waals surface area (Å²) >= 11 is 0. The zero-order valence-corrected chi connectivity index (χ0v) is 14.4. The minimum absolute atomic E-state index is 0.304. The smallest absolute Gasteiger partial charge is 0.0655 e. The minimum Gasteiger partial charge on any atom is -0.198 e. The predicted molar refractivity (Wildman–Crippen MR) is 93.9 cm³/mol. The summed E-state index contributed by atoms with van der Waals surface area (Å²) in [6.45, 7) is 4.63. The first kappa shape index (κ1) is 17.1. The summed E-state index contributed by atoms with van der Waals surface area (Å²) < 4.78 is 0. The van der Waals surface area contributed by atoms with Gasteiger partial charge in [0.2, 0.25) is 0 Å². The van der Waals surface area contributed by atoms with Crippen LogP contribution in [0.4, 0.5) is 0 Å². The molecule has 1 heteroatoms. The Morgan fingerprint density at radius 1 is 1.05 bits per heavy atom. The van der Waals surface area contributed by atoms with E-state index in [1.54, 1.807) is 0 Å². The Labute approximate surface area is 136 Å². The molecular formula is C21H31N. The van der Waals surface area contributed by atoms with Gasteiger partial charge in [0.25, 0.3) is 0 Å². The van der Waals surface area contributed by atoms with Gasteiger partial charge in [0.1, 0.15) is 0 Å². The van der Waals surface area contributed by atoms with E-state index in [1.807, 2.05) is 0 Å². The SMILES string of the molecule is CCCCCCC(C)c1ccc(C2CCC(C#N)CC2)cc1. The van der Waals surface area contributed by atoms with E-state index in [0.29, 0.717) is 17.8 Å². The van der Waals surface area contributed by atoms with E-state index in [-0.39, 0.29) is 0 Å². The topological polar surface area (TPSA) is 23.8 Å². The zero-order valence-electron chi connectivity index (χ0n) is 14.4. The van der Waals surface area contributed by atoms with Crippen molar-refractivity contribution in [1.29, 1.82) is 5.26 Å². The van der Waals surface area contributed by atoms with Crippen molar-refractivity contribution in [2.24, 2.45) is 5.92 Å². The highest BCUT2D eigenvalue weighted by atomic mass is 14.3. The molecule has 1 unspecified atom stereocenters. The van der Waals surface area contributed by atoms with Crippen molar-refractivity contribution in [1.82, 2.24) is 0 Å². The highest BCUT2D eigenvalue weighted by Gasteiger charge is 2.22. The van der Waals surface area contributed by atoms with Crippen LogP contribution < -0.4 is 0 Å². The van der Waals surface area contributed by atoms with Gasteiger partial charge in [-0.05, 0) is 55.1 Å². The van der Waals surface area contributed by atoms with Crippen molar-refractivity contribution in [3.05, 3.63) is 35.4 Å². The molecule has 0 amide bonds. The fourth-order valence-corrected chi connectivity index (χ4v) is 3.70. The molecule has 22 heavy (non-hydrogen) atoms. The molecule has 1 fully saturated rings. The average molecular weight is 297 g/mol. The molecule has 0 bridgehead atoms. The van der Waals surface area contributed by atoms with Crippen LogP contribution in [-0.2, 0) is 0 Å². The van der Waals surface area contributed by atoms with Gasteiger partial charge in [-0.2, -0.15) is 5.26 Å². The van der Waals surface area contributed by atoms with E-state index in [0.717, 1.165) is 12.8 Å². The first-order chi connectivity index (χ1) is 10.7. The van der Waals surface area contributed by atoms with Gasteiger partial charge < -0.3 is 0 Å². The maximum absolute atomic E-state index is 9.00. The molecule has 0 heterocycles. The number of rotatable bonds is 7. The van der Waals surface area contributed by atoms with Crippen LogP contribution in [0.1, 0.15) is 94.6 Å².